The van der Waals surface area contributed by atoms with E-state index in [1.165, 1.54) is 6.07 Å². The molecule has 1 aromatic rings. The van der Waals surface area contributed by atoms with Crippen LogP contribution in [0.1, 0.15) is 37.0 Å². The quantitative estimate of drug-likeness (QED) is 0.838. The molecule has 0 radical (unpaired) electrons. The number of carbonyl (C=O) groups is 1. The maximum Gasteiger partial charge on any atom is 0.338 e. The van der Waals surface area contributed by atoms with Gasteiger partial charge in [0.2, 0.25) is 0 Å². The number of carboxylic acid groups (broad SMARTS) is 1. The molecule has 0 aromatic carbocycles. The van der Waals surface area contributed by atoms with Gasteiger partial charge in [0.25, 0.3) is 0 Å². The van der Waals surface area contributed by atoms with Crippen molar-refractivity contribution in [1.82, 2.24) is 4.98 Å². The van der Waals surface area contributed by atoms with Crippen molar-refractivity contribution in [2.45, 2.75) is 26.7 Å². The summed E-state index contributed by atoms with van der Waals surface area (Å²) in [7, 11) is 0. The van der Waals surface area contributed by atoms with E-state index in [0.717, 1.165) is 25.9 Å². The summed E-state index contributed by atoms with van der Waals surface area (Å²) >= 11 is 0. The molecule has 2 rings (SSSR count). The summed E-state index contributed by atoms with van der Waals surface area (Å²) in [5, 5.41) is 9.24. The van der Waals surface area contributed by atoms with Crippen molar-refractivity contribution in [2.24, 2.45) is 5.41 Å². The Labute approximate surface area is 107 Å². The number of aromatic nitrogens is 1. The van der Waals surface area contributed by atoms with Crippen LogP contribution in [0, 0.1) is 5.41 Å². The van der Waals surface area contributed by atoms with Gasteiger partial charge in [0.05, 0.1) is 17.4 Å². The van der Waals surface area contributed by atoms with Crippen LogP contribution in [0.25, 0.3) is 0 Å². The number of carboxylic acids is 1. The maximum atomic E-state index is 11.3. The predicted octanol–water partition coefficient (Wildman–Crippen LogP) is 1.99. The van der Waals surface area contributed by atoms with Gasteiger partial charge in [-0.2, -0.15) is 0 Å². The lowest BCUT2D eigenvalue weighted by atomic mass is 9.84. The number of nitrogen functional groups attached to an aromatic ring is 1. The molecule has 98 valence electrons. The minimum absolute atomic E-state index is 0.204. The monoisotopic (exact) mass is 249 g/mol. The number of hydrogen-bond donors (Lipinski definition) is 2. The molecule has 0 spiro atoms. The van der Waals surface area contributed by atoms with Crippen LogP contribution in [0.4, 0.5) is 11.5 Å². The molecule has 1 fully saturated rings. The van der Waals surface area contributed by atoms with Crippen LogP contribution >= 0.6 is 0 Å². The van der Waals surface area contributed by atoms with Crippen LogP contribution in [-0.4, -0.2) is 29.1 Å². The molecular weight excluding hydrogens is 230 g/mol. The number of anilines is 2. The van der Waals surface area contributed by atoms with Gasteiger partial charge in [-0.25, -0.2) is 9.78 Å². The van der Waals surface area contributed by atoms with Crippen LogP contribution in [-0.2, 0) is 0 Å². The van der Waals surface area contributed by atoms with Crippen molar-refractivity contribution in [3.05, 3.63) is 17.8 Å². The first-order valence-electron chi connectivity index (χ1n) is 6.13. The zero-order chi connectivity index (χ0) is 13.3. The molecule has 0 bridgehead atoms. The summed E-state index contributed by atoms with van der Waals surface area (Å²) in [6, 6.07) is 1.43. The first-order chi connectivity index (χ1) is 8.39. The van der Waals surface area contributed by atoms with Crippen LogP contribution in [0.15, 0.2) is 12.3 Å². The number of piperidine rings is 1. The summed E-state index contributed by atoms with van der Waals surface area (Å²) in [6.07, 6.45) is 3.80. The van der Waals surface area contributed by atoms with Crippen molar-refractivity contribution < 1.29 is 9.90 Å². The molecule has 3 N–H and O–H groups in total. The highest BCUT2D eigenvalue weighted by atomic mass is 16.4. The number of pyridine rings is 1. The lowest BCUT2D eigenvalue weighted by Crippen LogP contribution is -2.40. The summed E-state index contributed by atoms with van der Waals surface area (Å²) < 4.78 is 0. The van der Waals surface area contributed by atoms with Crippen molar-refractivity contribution in [3.63, 3.8) is 0 Å². The molecule has 1 aliphatic rings. The number of nitrogens with zero attached hydrogens (tertiary/aromatic N) is 2. The maximum absolute atomic E-state index is 11.3. The molecule has 0 amide bonds. The van der Waals surface area contributed by atoms with Gasteiger partial charge in [-0.05, 0) is 24.3 Å². The van der Waals surface area contributed by atoms with Crippen molar-refractivity contribution >= 4 is 17.5 Å². The Bertz CT molecular complexity index is 471. The molecule has 5 nitrogen and oxygen atoms in total. The summed E-state index contributed by atoms with van der Waals surface area (Å²) in [5.41, 5.74) is 6.67. The molecule has 1 saturated heterocycles. The minimum atomic E-state index is -0.956. The minimum Gasteiger partial charge on any atom is -0.478 e. The average molecular weight is 249 g/mol. The molecule has 0 atom stereocenters. The lowest BCUT2D eigenvalue weighted by molar-refractivity contribution is 0.0697. The second-order valence-corrected chi connectivity index (χ2v) is 5.62. The Morgan fingerprint density at radius 1 is 1.56 bits per heavy atom. The molecule has 0 unspecified atom stereocenters. The Balaban J connectivity index is 2.35. The smallest absolute Gasteiger partial charge is 0.338 e. The third-order valence-electron chi connectivity index (χ3n) is 3.38. The number of rotatable bonds is 2. The van der Waals surface area contributed by atoms with E-state index >= 15 is 0 Å². The van der Waals surface area contributed by atoms with E-state index in [2.05, 4.69) is 23.7 Å². The van der Waals surface area contributed by atoms with Crippen molar-refractivity contribution in [3.8, 4) is 0 Å². The van der Waals surface area contributed by atoms with Gasteiger partial charge in [-0.3, -0.25) is 0 Å². The molecule has 0 aliphatic carbocycles. The highest BCUT2D eigenvalue weighted by Gasteiger charge is 2.28. The largest absolute Gasteiger partial charge is 0.478 e. The van der Waals surface area contributed by atoms with Crippen molar-refractivity contribution in [1.29, 1.82) is 0 Å². The summed E-state index contributed by atoms with van der Waals surface area (Å²) in [5.74, 6) is -0.713. The highest BCUT2D eigenvalue weighted by molar-refractivity contribution is 5.95. The predicted molar refractivity (Wildman–Crippen MR) is 70.8 cm³/mol. The number of hydrogen-bond acceptors (Lipinski definition) is 4. The number of aromatic carboxylic acids is 1. The average Bonchev–Trinajstić information content (AvgIpc) is 2.27. The zero-order valence-corrected chi connectivity index (χ0v) is 10.8. The Hall–Kier alpha value is -1.78. The van der Waals surface area contributed by atoms with Gasteiger partial charge in [0, 0.05) is 13.1 Å². The first kappa shape index (κ1) is 12.7. The molecule has 0 saturated carbocycles. The van der Waals surface area contributed by atoms with Gasteiger partial charge < -0.3 is 15.7 Å². The van der Waals surface area contributed by atoms with Gasteiger partial charge in [-0.15, -0.1) is 0 Å². The fraction of sp³-hybridized carbons (Fsp3) is 0.538. The molecular formula is C13H19N3O2. The third kappa shape index (κ3) is 2.55. The van der Waals surface area contributed by atoms with E-state index in [1.807, 2.05) is 0 Å². The van der Waals surface area contributed by atoms with Gasteiger partial charge in [0.15, 0.2) is 0 Å². The Morgan fingerprint density at radius 3 is 2.89 bits per heavy atom. The van der Waals surface area contributed by atoms with E-state index < -0.39 is 5.97 Å². The standard InChI is InChI=1S/C13H19N3O2/c1-13(2)4-3-5-16(8-13)10-7-15-11(14)6-9(10)12(17)18/h6-7H,3-5,8H2,1-2H3,(H2,14,15)(H,17,18). The molecule has 5 heteroatoms. The molecule has 1 aliphatic heterocycles. The van der Waals surface area contributed by atoms with E-state index in [1.54, 1.807) is 6.20 Å². The first-order valence-corrected chi connectivity index (χ1v) is 6.13. The number of nitrogens with two attached hydrogens (primary N) is 1. The Morgan fingerprint density at radius 2 is 2.28 bits per heavy atom. The van der Waals surface area contributed by atoms with Gasteiger partial charge >= 0.3 is 5.97 Å². The van der Waals surface area contributed by atoms with Crippen LogP contribution in [0.2, 0.25) is 0 Å². The van der Waals surface area contributed by atoms with Crippen LogP contribution in [0.5, 0.6) is 0 Å². The topological polar surface area (TPSA) is 79.5 Å². The van der Waals surface area contributed by atoms with E-state index in [9.17, 15) is 9.90 Å². The van der Waals surface area contributed by atoms with Crippen LogP contribution < -0.4 is 10.6 Å². The summed E-state index contributed by atoms with van der Waals surface area (Å²) in [6.45, 7) is 6.11. The third-order valence-corrected chi connectivity index (χ3v) is 3.38. The highest BCUT2D eigenvalue weighted by Crippen LogP contribution is 2.33. The fourth-order valence-electron chi connectivity index (χ4n) is 2.52. The molecule has 1 aromatic heterocycles. The van der Waals surface area contributed by atoms with E-state index in [-0.39, 0.29) is 16.8 Å². The van der Waals surface area contributed by atoms with Gasteiger partial charge in [-0.1, -0.05) is 13.8 Å². The lowest BCUT2D eigenvalue weighted by Gasteiger charge is -2.39. The van der Waals surface area contributed by atoms with E-state index in [0.29, 0.717) is 5.69 Å². The SMILES string of the molecule is CC1(C)CCCN(c2cnc(N)cc2C(=O)O)C1. The second kappa shape index (κ2) is 4.48. The van der Waals surface area contributed by atoms with Crippen molar-refractivity contribution in [2.75, 3.05) is 23.7 Å². The zero-order valence-electron chi connectivity index (χ0n) is 10.8. The van der Waals surface area contributed by atoms with Crippen LogP contribution in [0.3, 0.4) is 0 Å². The molecule has 2 heterocycles. The van der Waals surface area contributed by atoms with E-state index in [4.69, 9.17) is 5.73 Å². The second-order valence-electron chi connectivity index (χ2n) is 5.62. The van der Waals surface area contributed by atoms with Gasteiger partial charge in [0.1, 0.15) is 5.82 Å². The molecule has 18 heavy (non-hydrogen) atoms. The fourth-order valence-corrected chi connectivity index (χ4v) is 2.52. The summed E-state index contributed by atoms with van der Waals surface area (Å²) in [4.78, 5) is 17.4. The normalized spacial score (nSPS) is 18.7. The Kier molecular flexibility index (Phi) is 3.15.